The fraction of sp³-hybridized carbons (Fsp3) is 0.611. The van der Waals surface area contributed by atoms with Gasteiger partial charge in [0.05, 0.1) is 0 Å². The summed E-state index contributed by atoms with van der Waals surface area (Å²) in [5.74, 6) is 0.911. The lowest BCUT2D eigenvalue weighted by molar-refractivity contribution is -0.00981. The second kappa shape index (κ2) is 5.49. The Morgan fingerprint density at radius 1 is 1.23 bits per heavy atom. The molecule has 4 nitrogen and oxygen atoms in total. The van der Waals surface area contributed by atoms with Crippen molar-refractivity contribution in [2.75, 3.05) is 6.54 Å². The first kappa shape index (κ1) is 15.2. The van der Waals surface area contributed by atoms with Crippen LogP contribution in [0.4, 0.5) is 4.79 Å². The third kappa shape index (κ3) is 3.37. The van der Waals surface area contributed by atoms with Gasteiger partial charge in [-0.3, -0.25) is 0 Å². The summed E-state index contributed by atoms with van der Waals surface area (Å²) in [5, 5.41) is 0. The molecule has 1 aromatic carbocycles. The maximum atomic E-state index is 12.4. The minimum Gasteiger partial charge on any atom is -0.490 e. The Bertz CT molecular complexity index is 531. The number of amides is 1. The molecule has 1 saturated carbocycles. The molecule has 1 heterocycles. The number of carbonyl (C=O) groups excluding carboxylic acids is 1. The van der Waals surface area contributed by atoms with Crippen LogP contribution in [0.25, 0.3) is 0 Å². The number of benzene rings is 1. The highest BCUT2D eigenvalue weighted by Crippen LogP contribution is 2.49. The average Bonchev–Trinajstić information content (AvgIpc) is 3.17. The molecular formula is C18H25NO3. The zero-order valence-corrected chi connectivity index (χ0v) is 13.7. The van der Waals surface area contributed by atoms with Crippen LogP contribution in [0.1, 0.15) is 46.5 Å². The Labute approximate surface area is 132 Å². The van der Waals surface area contributed by atoms with Crippen LogP contribution in [0.3, 0.4) is 0 Å². The minimum absolute atomic E-state index is 0.0277. The van der Waals surface area contributed by atoms with Crippen LogP contribution in [-0.4, -0.2) is 34.8 Å². The van der Waals surface area contributed by atoms with Gasteiger partial charge >= 0.3 is 6.09 Å². The van der Waals surface area contributed by atoms with Gasteiger partial charge in [-0.05, 0) is 45.7 Å². The molecule has 1 atom stereocenters. The van der Waals surface area contributed by atoms with Crippen LogP contribution < -0.4 is 4.74 Å². The van der Waals surface area contributed by atoms with Crippen molar-refractivity contribution in [1.29, 1.82) is 0 Å². The highest BCUT2D eigenvalue weighted by atomic mass is 16.6. The van der Waals surface area contributed by atoms with Crippen LogP contribution in [-0.2, 0) is 4.74 Å². The molecule has 0 aromatic heterocycles. The number of rotatable bonds is 2. The van der Waals surface area contributed by atoms with E-state index < -0.39 is 5.60 Å². The number of likely N-dealkylation sites (tertiary alicyclic amines) is 1. The second-order valence-electron chi connectivity index (χ2n) is 7.40. The Morgan fingerprint density at radius 2 is 1.91 bits per heavy atom. The molecule has 3 rings (SSSR count). The van der Waals surface area contributed by atoms with E-state index in [0.717, 1.165) is 31.4 Å². The van der Waals surface area contributed by atoms with Gasteiger partial charge in [-0.15, -0.1) is 0 Å². The molecule has 0 N–H and O–H groups in total. The minimum atomic E-state index is -0.440. The molecule has 0 radical (unpaired) electrons. The highest BCUT2D eigenvalue weighted by Gasteiger charge is 2.54. The Kier molecular flexibility index (Phi) is 3.79. The number of ether oxygens (including phenoxy) is 2. The molecule has 1 amide bonds. The lowest BCUT2D eigenvalue weighted by atomic mass is 9.97. The van der Waals surface area contributed by atoms with Gasteiger partial charge in [0, 0.05) is 24.9 Å². The summed E-state index contributed by atoms with van der Waals surface area (Å²) in [6.45, 7) is 6.45. The molecule has 1 spiro atoms. The fourth-order valence-corrected chi connectivity index (χ4v) is 3.16. The number of hydrogen-bond acceptors (Lipinski definition) is 3. The lowest BCUT2D eigenvalue weighted by Gasteiger charge is -2.40. The van der Waals surface area contributed by atoms with Gasteiger partial charge in [0.15, 0.2) is 0 Å². The third-order valence-corrected chi connectivity index (χ3v) is 4.34. The number of hydrogen-bond donors (Lipinski definition) is 0. The monoisotopic (exact) mass is 303 g/mol. The van der Waals surface area contributed by atoms with E-state index in [0.29, 0.717) is 6.54 Å². The normalized spacial score (nSPS) is 23.2. The van der Waals surface area contributed by atoms with Gasteiger partial charge in [0.1, 0.15) is 17.5 Å². The predicted molar refractivity (Wildman–Crippen MR) is 85.0 cm³/mol. The average molecular weight is 303 g/mol. The van der Waals surface area contributed by atoms with Crippen molar-refractivity contribution in [3.63, 3.8) is 0 Å². The largest absolute Gasteiger partial charge is 0.490 e. The third-order valence-electron chi connectivity index (χ3n) is 4.34. The van der Waals surface area contributed by atoms with E-state index in [2.05, 4.69) is 0 Å². The second-order valence-corrected chi connectivity index (χ2v) is 7.40. The van der Waals surface area contributed by atoms with Crippen molar-refractivity contribution in [3.8, 4) is 5.75 Å². The quantitative estimate of drug-likeness (QED) is 0.829. The molecular weight excluding hydrogens is 278 g/mol. The molecule has 1 aliphatic carbocycles. The van der Waals surface area contributed by atoms with Gasteiger partial charge in [-0.2, -0.15) is 0 Å². The maximum Gasteiger partial charge on any atom is 0.410 e. The van der Waals surface area contributed by atoms with Crippen molar-refractivity contribution in [3.05, 3.63) is 30.3 Å². The van der Waals surface area contributed by atoms with Gasteiger partial charge in [0.2, 0.25) is 0 Å². The van der Waals surface area contributed by atoms with E-state index in [9.17, 15) is 4.79 Å². The van der Waals surface area contributed by atoms with Crippen LogP contribution in [0.2, 0.25) is 0 Å². The summed E-state index contributed by atoms with van der Waals surface area (Å²) >= 11 is 0. The van der Waals surface area contributed by atoms with Crippen molar-refractivity contribution in [1.82, 2.24) is 4.90 Å². The molecule has 4 heteroatoms. The standard InChI is InChI=1S/C18H25NO3/c1-17(2,3)22-16(20)19-12-9-15(13-18(19)10-11-18)21-14-7-5-4-6-8-14/h4-8,15H,9-13H2,1-3H3. The molecule has 1 unspecified atom stereocenters. The highest BCUT2D eigenvalue weighted by molar-refractivity contribution is 5.70. The summed E-state index contributed by atoms with van der Waals surface area (Å²) in [6, 6.07) is 9.93. The molecule has 2 fully saturated rings. The topological polar surface area (TPSA) is 38.8 Å². The number of carbonyl (C=O) groups is 1. The number of piperidine rings is 1. The predicted octanol–water partition coefficient (Wildman–Crippen LogP) is 4.00. The number of para-hydroxylation sites is 1. The van der Waals surface area contributed by atoms with Crippen molar-refractivity contribution in [2.24, 2.45) is 0 Å². The molecule has 120 valence electrons. The molecule has 22 heavy (non-hydrogen) atoms. The smallest absolute Gasteiger partial charge is 0.410 e. The summed E-state index contributed by atoms with van der Waals surface area (Å²) in [4.78, 5) is 14.3. The zero-order chi connectivity index (χ0) is 15.8. The first-order chi connectivity index (χ1) is 10.4. The van der Waals surface area contributed by atoms with Gasteiger partial charge < -0.3 is 14.4 Å². The first-order valence-corrected chi connectivity index (χ1v) is 8.10. The van der Waals surface area contributed by atoms with Crippen LogP contribution in [0.15, 0.2) is 30.3 Å². The van der Waals surface area contributed by atoms with Crippen LogP contribution >= 0.6 is 0 Å². The van der Waals surface area contributed by atoms with Gasteiger partial charge in [0.25, 0.3) is 0 Å². The Balaban J connectivity index is 1.62. The number of nitrogens with zero attached hydrogens (tertiary/aromatic N) is 1. The molecule has 1 saturated heterocycles. The fourth-order valence-electron chi connectivity index (χ4n) is 3.16. The lowest BCUT2D eigenvalue weighted by Crippen LogP contribution is -2.52. The molecule has 0 bridgehead atoms. The summed E-state index contributed by atoms with van der Waals surface area (Å²) in [7, 11) is 0. The van der Waals surface area contributed by atoms with Crippen molar-refractivity contribution in [2.45, 2.75) is 63.7 Å². The Morgan fingerprint density at radius 3 is 2.50 bits per heavy atom. The maximum absolute atomic E-state index is 12.4. The van der Waals surface area contributed by atoms with E-state index in [-0.39, 0.29) is 17.7 Å². The van der Waals surface area contributed by atoms with Crippen molar-refractivity contribution < 1.29 is 14.3 Å². The SMILES string of the molecule is CC(C)(C)OC(=O)N1CCC(Oc2ccccc2)CC12CC2. The molecule has 1 aromatic rings. The summed E-state index contributed by atoms with van der Waals surface area (Å²) < 4.78 is 11.6. The van der Waals surface area contributed by atoms with E-state index in [4.69, 9.17) is 9.47 Å². The van der Waals surface area contributed by atoms with Gasteiger partial charge in [-0.25, -0.2) is 4.79 Å². The van der Waals surface area contributed by atoms with E-state index in [1.165, 1.54) is 0 Å². The molecule has 1 aliphatic heterocycles. The first-order valence-electron chi connectivity index (χ1n) is 8.10. The summed E-state index contributed by atoms with van der Waals surface area (Å²) in [5.41, 5.74) is -0.468. The van der Waals surface area contributed by atoms with Crippen molar-refractivity contribution >= 4 is 6.09 Å². The molecule has 2 aliphatic rings. The summed E-state index contributed by atoms with van der Waals surface area (Å²) in [6.07, 6.45) is 3.88. The van der Waals surface area contributed by atoms with E-state index >= 15 is 0 Å². The zero-order valence-electron chi connectivity index (χ0n) is 13.7. The van der Waals surface area contributed by atoms with Crippen LogP contribution in [0.5, 0.6) is 5.75 Å². The van der Waals surface area contributed by atoms with E-state index in [1.807, 2.05) is 56.0 Å². The van der Waals surface area contributed by atoms with Gasteiger partial charge in [-0.1, -0.05) is 18.2 Å². The van der Waals surface area contributed by atoms with Crippen LogP contribution in [0, 0.1) is 0 Å². The Hall–Kier alpha value is -1.71. The van der Waals surface area contributed by atoms with E-state index in [1.54, 1.807) is 0 Å².